The zero-order valence-corrected chi connectivity index (χ0v) is 74.3. The highest BCUT2D eigenvalue weighted by Crippen LogP contribution is 2.42. The largest absolute Gasteiger partial charge is 0.497 e. The number of hydrogen-bond donors (Lipinski definition) is 4. The molecule has 24 nitrogen and oxygen atoms in total. The number of aromatic nitrogens is 9. The van der Waals surface area contributed by atoms with Gasteiger partial charge in [-0.25, -0.2) is 59.0 Å². The fourth-order valence-electron chi connectivity index (χ4n) is 14.1. The first kappa shape index (κ1) is 97.4. The molecule has 8 aromatic carbocycles. The smallest absolute Gasteiger partial charge is 0.494 e. The Kier molecular flexibility index (Phi) is 31.8. The molecule has 0 atom stereocenters. The topological polar surface area (TPSA) is 282 Å². The van der Waals surface area contributed by atoms with Crippen molar-refractivity contribution in [1.82, 2.24) is 45.8 Å². The Morgan fingerprint density at radius 1 is 0.431 bits per heavy atom. The summed E-state index contributed by atoms with van der Waals surface area (Å²) in [5.41, 5.74) is 11.4. The molecule has 39 heteroatoms. The van der Waals surface area contributed by atoms with Gasteiger partial charge in [-0.3, -0.25) is 0 Å². The maximum atomic E-state index is 13.5. The summed E-state index contributed by atoms with van der Waals surface area (Å²) in [6, 6.07) is 62.8. The number of methoxy groups -OCH3 is 1. The van der Waals surface area contributed by atoms with E-state index in [-0.39, 0.29) is 100.0 Å². The minimum Gasteiger partial charge on any atom is -0.497 e. The Balaban J connectivity index is 0.000000155. The number of aromatic carboxylic acids is 1. The number of aliphatic carboxylic acids is 1. The van der Waals surface area contributed by atoms with E-state index in [9.17, 15) is 62.7 Å². The molecule has 0 spiro atoms. The average molecular weight is 1860 g/mol. The lowest BCUT2D eigenvalue weighted by molar-refractivity contribution is -0.192. The fraction of sp³-hybridized carbons (Fsp3) is 0.363. The summed E-state index contributed by atoms with van der Waals surface area (Å²) in [6.07, 6.45) is -5.88. The molecule has 5 aliphatic rings. The van der Waals surface area contributed by atoms with Crippen molar-refractivity contribution < 1.29 is 101 Å². The number of rotatable bonds is 22. The van der Waals surface area contributed by atoms with Gasteiger partial charge in [0.2, 0.25) is 17.1 Å². The zero-order valence-electron chi connectivity index (χ0n) is 71.9. The molecule has 0 radical (unpaired) electrons. The van der Waals surface area contributed by atoms with Gasteiger partial charge in [-0.1, -0.05) is 138 Å². The Morgan fingerprint density at radius 2 is 0.731 bits per heavy atom. The molecule has 130 heavy (non-hydrogen) atoms. The monoisotopic (exact) mass is 1860 g/mol. The maximum absolute atomic E-state index is 13.5. The number of esters is 2. The molecule has 0 amide bonds. The molecule has 5 saturated heterocycles. The number of anilines is 4. The molecule has 0 saturated carbocycles. The first-order valence-corrected chi connectivity index (χ1v) is 44.1. The van der Waals surface area contributed by atoms with E-state index in [0.717, 1.165) is 87.6 Å². The van der Waals surface area contributed by atoms with Gasteiger partial charge in [-0.05, 0) is 183 Å². The van der Waals surface area contributed by atoms with Crippen LogP contribution in [-0.2, 0) is 30.1 Å². The van der Waals surface area contributed by atoms with Crippen molar-refractivity contribution in [2.24, 2.45) is 0 Å². The lowest BCUT2D eigenvalue weighted by atomic mass is 9.79. The van der Waals surface area contributed by atoms with Crippen LogP contribution >= 0.6 is 35.3 Å². The number of carbonyl (C=O) groups is 4. The number of benzene rings is 8. The quantitative estimate of drug-likeness (QED) is 0.0279. The van der Waals surface area contributed by atoms with E-state index in [0.29, 0.717) is 74.0 Å². The number of carboxylic acid groups (broad SMARTS) is 2. The maximum Gasteiger partial charge on any atom is 0.494 e. The van der Waals surface area contributed by atoms with E-state index in [4.69, 9.17) is 38.5 Å². The van der Waals surface area contributed by atoms with Crippen LogP contribution in [0.2, 0.25) is 0 Å². The molecule has 3 aromatic heterocycles. The number of carboxylic acids is 2. The Morgan fingerprint density at radius 3 is 1.05 bits per heavy atom. The summed E-state index contributed by atoms with van der Waals surface area (Å²) < 4.78 is 168. The van der Waals surface area contributed by atoms with Gasteiger partial charge in [0.1, 0.15) is 10.8 Å². The van der Waals surface area contributed by atoms with Gasteiger partial charge in [0, 0.05) is 141 Å². The predicted octanol–water partition coefficient (Wildman–Crippen LogP) is 20.0. The van der Waals surface area contributed by atoms with Crippen LogP contribution in [0.1, 0.15) is 130 Å². The highest BCUT2D eigenvalue weighted by Gasteiger charge is 2.52. The SMILES string of the molecule is CC1(C)OB(c2ccc(N3CCC(F)(F)CC3)cc2)OC1(C)C.CCOC(=O)c1n[nH]nc1Sc1ccc(-c2ccc(N3CCC(F)(F)CC3)cc2)cc1.CCOC(=O)c1nnn(Cc2ccc(OC)cc2)c1Sc1ccc(-c2ccc(N3CCC(F)(F)CC3)cc2)cc1.O=C(O)C(F)(F)F.O=C(O)c1n[nH]nc1Sc1ccc(-c2ccc(N3CCC(F)(F)CC3)cc2)cc1. The number of nitrogens with one attached hydrogen (secondary N) is 2. The van der Waals surface area contributed by atoms with E-state index in [1.165, 1.54) is 35.3 Å². The lowest BCUT2D eigenvalue weighted by Gasteiger charge is -2.33. The third-order valence-electron chi connectivity index (χ3n) is 22.3. The van der Waals surface area contributed by atoms with E-state index in [1.54, 1.807) is 25.6 Å². The van der Waals surface area contributed by atoms with Crippen molar-refractivity contribution in [2.45, 2.75) is 170 Å². The van der Waals surface area contributed by atoms with Crippen LogP contribution in [-0.4, -0.2) is 201 Å². The Labute approximate surface area is 755 Å². The number of piperidine rings is 4. The lowest BCUT2D eigenvalue weighted by Crippen LogP contribution is -2.41. The van der Waals surface area contributed by atoms with Gasteiger partial charge in [0.25, 0.3) is 23.7 Å². The molecule has 0 bridgehead atoms. The fourth-order valence-corrected chi connectivity index (χ4v) is 16.6. The van der Waals surface area contributed by atoms with Crippen molar-refractivity contribution >= 4 is 94.5 Å². The standard InChI is InChI=1S/C30H30F2N4O3S.C22H22F2N4O2S.C20H18F2N4O2S.C17H24BF2NO2.C2HF3O2/c1-3-39-29(37)27-28(36(34-33-27)20-21-4-12-25(38-2)13-5-21)40-26-14-8-23(9-15-26)22-6-10-24(11-7-22)35-18-16-30(31,32)17-19-35;1-2-30-21(29)19-20(26-27-25-19)31-18-9-5-16(6-10-18)15-3-7-17(8-4-15)28-13-11-22(23,24)12-14-28;21-20(22)9-11-26(12-10-20)15-5-1-13(2-6-15)14-3-7-16(8-4-14)29-18-17(19(27)28)23-25-24-18;1-15(2)16(3,4)23-18(22-15)13-5-7-14(8-6-13)21-11-9-17(19,20)10-12-21;3-2(4,5)1(6)7/h4-15H,3,16-20H2,1-2H3;3-10H,2,11-14H2,1H3,(H,25,26,27);1-8H,9-12H2,(H,27,28)(H,23,24,25);5-8H,9-12H2,1-4H3;(H,6,7). The van der Waals surface area contributed by atoms with Crippen LogP contribution in [0.15, 0.2) is 224 Å². The second-order valence-electron chi connectivity index (χ2n) is 31.8. The third kappa shape index (κ3) is 26.3. The molecule has 688 valence electrons. The van der Waals surface area contributed by atoms with Crippen LogP contribution in [0.4, 0.5) is 71.0 Å². The highest BCUT2D eigenvalue weighted by atomic mass is 32.2. The number of carbonyl (C=O) groups excluding carboxylic acids is 2. The van der Waals surface area contributed by atoms with E-state index >= 15 is 0 Å². The first-order chi connectivity index (χ1) is 61.7. The van der Waals surface area contributed by atoms with Crippen molar-refractivity contribution in [3.8, 4) is 39.1 Å². The summed E-state index contributed by atoms with van der Waals surface area (Å²) >= 11 is 3.94. The number of H-pyrrole nitrogens is 2. The molecular weight excluding hydrogens is 1770 g/mol. The number of ether oxygens (including phenoxy) is 3. The molecule has 5 aliphatic heterocycles. The van der Waals surface area contributed by atoms with Crippen LogP contribution < -0.4 is 29.8 Å². The van der Waals surface area contributed by atoms with Crippen molar-refractivity contribution in [3.63, 3.8) is 0 Å². The summed E-state index contributed by atoms with van der Waals surface area (Å²) in [5, 5.41) is 46.1. The second-order valence-corrected chi connectivity index (χ2v) is 35.0. The second kappa shape index (κ2) is 42.5. The molecular formula is C91H95BF11N13O11S3. The van der Waals surface area contributed by atoms with Crippen LogP contribution in [0.25, 0.3) is 33.4 Å². The van der Waals surface area contributed by atoms with Crippen molar-refractivity contribution in [2.75, 3.05) is 92.3 Å². The molecule has 16 rings (SSSR count). The van der Waals surface area contributed by atoms with Crippen LogP contribution in [0.3, 0.4) is 0 Å². The van der Waals surface area contributed by atoms with E-state index in [2.05, 4.69) is 41.1 Å². The number of alkyl halides is 11. The van der Waals surface area contributed by atoms with Crippen LogP contribution in [0, 0.1) is 0 Å². The first-order valence-electron chi connectivity index (χ1n) is 41.6. The summed E-state index contributed by atoms with van der Waals surface area (Å²) in [5.74, 6) is -14.3. The predicted molar refractivity (Wildman–Crippen MR) is 473 cm³/mol. The number of aromatic amines is 2. The molecule has 5 fully saturated rings. The van der Waals surface area contributed by atoms with Gasteiger partial charge in [0.05, 0.1) is 38.1 Å². The molecule has 4 N–H and O–H groups in total. The van der Waals surface area contributed by atoms with E-state index < -0.39 is 53.7 Å². The number of halogens is 11. The summed E-state index contributed by atoms with van der Waals surface area (Å²) in [7, 11) is 1.23. The normalized spacial score (nSPS) is 17.0. The molecule has 8 heterocycles. The zero-order chi connectivity index (χ0) is 93.4. The average Bonchev–Trinajstić information content (AvgIpc) is 1.62. The van der Waals surface area contributed by atoms with Gasteiger partial charge >= 0.3 is 37.2 Å². The minimum absolute atomic E-state index is 0.0774. The molecule has 0 unspecified atom stereocenters. The van der Waals surface area contributed by atoms with Crippen LogP contribution in [0.5, 0.6) is 5.75 Å². The van der Waals surface area contributed by atoms with Crippen molar-refractivity contribution in [1.29, 1.82) is 0 Å². The van der Waals surface area contributed by atoms with Crippen molar-refractivity contribution in [3.05, 3.63) is 217 Å². The Bertz CT molecular complexity index is 5540. The van der Waals surface area contributed by atoms with E-state index in [1.807, 2.05) is 241 Å². The highest BCUT2D eigenvalue weighted by molar-refractivity contribution is 7.99. The number of hydrogen-bond acceptors (Lipinski definition) is 22. The Hall–Kier alpha value is -11.7. The van der Waals surface area contributed by atoms with Gasteiger partial charge < -0.3 is 53.3 Å². The molecule has 11 aromatic rings. The summed E-state index contributed by atoms with van der Waals surface area (Å²) in [6.45, 7) is 15.5. The minimum atomic E-state index is -5.08. The third-order valence-corrected chi connectivity index (χ3v) is 25.3. The van der Waals surface area contributed by atoms with Gasteiger partial charge in [-0.2, -0.15) is 23.6 Å². The van der Waals surface area contributed by atoms with Gasteiger partial charge in [0.15, 0.2) is 10.1 Å². The molecule has 0 aliphatic carbocycles. The van der Waals surface area contributed by atoms with Gasteiger partial charge in [-0.15, -0.1) is 25.5 Å². The summed E-state index contributed by atoms with van der Waals surface area (Å²) in [4.78, 5) is 55.2. The number of nitrogens with zero attached hydrogens (tertiary/aromatic N) is 11.